The second kappa shape index (κ2) is 5.43. The summed E-state index contributed by atoms with van der Waals surface area (Å²) < 4.78 is 3.64. The molecule has 0 radical (unpaired) electrons. The molecule has 3 heterocycles. The summed E-state index contributed by atoms with van der Waals surface area (Å²) in [6.45, 7) is 1.89. The van der Waals surface area contributed by atoms with E-state index in [2.05, 4.69) is 15.1 Å². The summed E-state index contributed by atoms with van der Waals surface area (Å²) in [6.07, 6.45) is 1.65. The number of carbonyl (C=O) groups excluding carboxylic acids is 1. The van der Waals surface area contributed by atoms with Crippen molar-refractivity contribution in [2.75, 3.05) is 0 Å². The Labute approximate surface area is 145 Å². The molecule has 0 bridgehead atoms. The molecule has 9 heteroatoms. The van der Waals surface area contributed by atoms with Crippen LogP contribution in [0.4, 0.5) is 4.79 Å². The smallest absolute Gasteiger partial charge is 0.341 e. The average molecular weight is 359 g/mol. The highest BCUT2D eigenvalue weighted by molar-refractivity contribution is 7.17. The van der Waals surface area contributed by atoms with Gasteiger partial charge in [-0.25, -0.2) is 14.8 Å². The molecule has 3 aromatic heterocycles. The maximum Gasteiger partial charge on any atom is 0.341 e. The Hall–Kier alpha value is -2.71. The summed E-state index contributed by atoms with van der Waals surface area (Å²) in [5, 5.41) is 4.93. The van der Waals surface area contributed by atoms with Crippen LogP contribution < -0.4 is 5.73 Å². The molecule has 0 saturated carbocycles. The van der Waals surface area contributed by atoms with Gasteiger partial charge in [0.1, 0.15) is 11.0 Å². The van der Waals surface area contributed by atoms with E-state index in [0.29, 0.717) is 16.5 Å². The molecule has 1 aromatic carbocycles. The summed E-state index contributed by atoms with van der Waals surface area (Å²) >= 11 is 7.73. The standard InChI is InChI=1S/C15H11ClN6OS/c1-8-11(9-4-2-3-5-10(9)16)21(6-18-8)14-12-13(19-7-24-12)22(20-14)15(17)23/h2-7H,1H3,(H2,17,23). The van der Waals surface area contributed by atoms with Crippen LogP contribution in [0.15, 0.2) is 36.1 Å². The third-order valence-electron chi connectivity index (χ3n) is 3.66. The quantitative estimate of drug-likeness (QED) is 0.595. The molecule has 0 spiro atoms. The molecule has 0 aliphatic rings. The molecular weight excluding hydrogens is 348 g/mol. The number of fused-ring (bicyclic) bond motifs is 1. The number of halogens is 1. The van der Waals surface area contributed by atoms with E-state index in [1.807, 2.05) is 31.2 Å². The maximum atomic E-state index is 11.6. The van der Waals surface area contributed by atoms with Gasteiger partial charge in [0.05, 0.1) is 16.9 Å². The SMILES string of the molecule is Cc1ncn(-c2nn(C(N)=O)c3ncsc23)c1-c1ccccc1Cl. The highest BCUT2D eigenvalue weighted by Crippen LogP contribution is 2.34. The highest BCUT2D eigenvalue weighted by atomic mass is 35.5. The second-order valence-corrected chi connectivity index (χ2v) is 6.37. The van der Waals surface area contributed by atoms with Crippen LogP contribution in [0.1, 0.15) is 5.69 Å². The normalized spacial score (nSPS) is 11.2. The Morgan fingerprint density at radius 3 is 2.83 bits per heavy atom. The molecule has 0 aliphatic heterocycles. The van der Waals surface area contributed by atoms with Crippen molar-refractivity contribution in [1.29, 1.82) is 0 Å². The lowest BCUT2D eigenvalue weighted by Gasteiger charge is -2.08. The van der Waals surface area contributed by atoms with E-state index in [1.165, 1.54) is 11.3 Å². The minimum atomic E-state index is -0.687. The number of thiazole rings is 1. The van der Waals surface area contributed by atoms with Gasteiger partial charge in [-0.05, 0) is 13.0 Å². The lowest BCUT2D eigenvalue weighted by Crippen LogP contribution is -2.21. The summed E-state index contributed by atoms with van der Waals surface area (Å²) in [7, 11) is 0. The van der Waals surface area contributed by atoms with Crippen molar-refractivity contribution in [1.82, 2.24) is 24.3 Å². The Balaban J connectivity index is 2.02. The van der Waals surface area contributed by atoms with Crippen molar-refractivity contribution >= 4 is 39.3 Å². The van der Waals surface area contributed by atoms with Gasteiger partial charge in [-0.2, -0.15) is 4.68 Å². The molecule has 0 aliphatic carbocycles. The molecule has 2 N–H and O–H groups in total. The van der Waals surface area contributed by atoms with Gasteiger partial charge in [0, 0.05) is 10.6 Å². The van der Waals surface area contributed by atoms with Crippen molar-refractivity contribution in [2.24, 2.45) is 5.73 Å². The van der Waals surface area contributed by atoms with Gasteiger partial charge >= 0.3 is 6.03 Å². The minimum Gasteiger partial charge on any atom is -0.350 e. The number of amides is 1. The van der Waals surface area contributed by atoms with Crippen molar-refractivity contribution in [2.45, 2.75) is 6.92 Å². The summed E-state index contributed by atoms with van der Waals surface area (Å²) in [6, 6.07) is 6.82. The largest absolute Gasteiger partial charge is 0.350 e. The first kappa shape index (κ1) is 14.9. The van der Waals surface area contributed by atoms with E-state index in [4.69, 9.17) is 17.3 Å². The Kier molecular flexibility index (Phi) is 3.36. The predicted molar refractivity (Wildman–Crippen MR) is 92.7 cm³/mol. The Morgan fingerprint density at radius 1 is 1.29 bits per heavy atom. The van der Waals surface area contributed by atoms with E-state index in [-0.39, 0.29) is 0 Å². The zero-order chi connectivity index (χ0) is 16.8. The van der Waals surface area contributed by atoms with Gasteiger partial charge in [0.15, 0.2) is 11.5 Å². The number of nitrogens with two attached hydrogens (primary N) is 1. The number of hydrogen-bond acceptors (Lipinski definition) is 5. The van der Waals surface area contributed by atoms with E-state index in [1.54, 1.807) is 16.4 Å². The minimum absolute atomic E-state index is 0.430. The molecule has 24 heavy (non-hydrogen) atoms. The topological polar surface area (TPSA) is 91.6 Å². The molecule has 7 nitrogen and oxygen atoms in total. The molecule has 4 aromatic rings. The van der Waals surface area contributed by atoms with Crippen LogP contribution >= 0.6 is 22.9 Å². The number of imidazole rings is 1. The van der Waals surface area contributed by atoms with Crippen LogP contribution in [0, 0.1) is 6.92 Å². The van der Waals surface area contributed by atoms with Crippen LogP contribution in [-0.2, 0) is 0 Å². The number of aromatic nitrogens is 5. The van der Waals surface area contributed by atoms with Gasteiger partial charge < -0.3 is 5.73 Å². The lowest BCUT2D eigenvalue weighted by atomic mass is 10.1. The van der Waals surface area contributed by atoms with Crippen molar-refractivity contribution in [3.63, 3.8) is 0 Å². The molecular formula is C15H11ClN6OS. The average Bonchev–Trinajstić information content (AvgIpc) is 3.22. The van der Waals surface area contributed by atoms with Crippen LogP contribution in [0.5, 0.6) is 0 Å². The summed E-state index contributed by atoms with van der Waals surface area (Å²) in [5.41, 5.74) is 9.91. The first-order chi connectivity index (χ1) is 11.6. The number of primary amides is 1. The summed E-state index contributed by atoms with van der Waals surface area (Å²) in [5.74, 6) is 0.543. The number of hydrogen-bond donors (Lipinski definition) is 1. The van der Waals surface area contributed by atoms with Gasteiger partial charge in [0.2, 0.25) is 0 Å². The molecule has 0 fully saturated rings. The van der Waals surface area contributed by atoms with E-state index < -0.39 is 6.03 Å². The third kappa shape index (κ3) is 2.11. The van der Waals surface area contributed by atoms with E-state index in [9.17, 15) is 4.79 Å². The van der Waals surface area contributed by atoms with Crippen LogP contribution in [0.2, 0.25) is 5.02 Å². The van der Waals surface area contributed by atoms with Gasteiger partial charge in [0.25, 0.3) is 0 Å². The Bertz CT molecular complexity index is 1080. The fraction of sp³-hybridized carbons (Fsp3) is 0.0667. The zero-order valence-corrected chi connectivity index (χ0v) is 14.0. The number of aryl methyl sites for hydroxylation is 1. The van der Waals surface area contributed by atoms with Gasteiger partial charge in [-0.15, -0.1) is 16.4 Å². The van der Waals surface area contributed by atoms with Crippen molar-refractivity contribution in [3.8, 4) is 17.1 Å². The molecule has 0 unspecified atom stereocenters. The van der Waals surface area contributed by atoms with Gasteiger partial charge in [-0.1, -0.05) is 29.8 Å². The molecule has 1 amide bonds. The number of benzene rings is 1. The molecule has 4 rings (SSSR count). The van der Waals surface area contributed by atoms with Crippen molar-refractivity contribution in [3.05, 3.63) is 46.8 Å². The van der Waals surface area contributed by atoms with Crippen LogP contribution in [0.3, 0.4) is 0 Å². The fourth-order valence-corrected chi connectivity index (χ4v) is 3.59. The van der Waals surface area contributed by atoms with E-state index >= 15 is 0 Å². The lowest BCUT2D eigenvalue weighted by molar-refractivity contribution is 0.248. The summed E-state index contributed by atoms with van der Waals surface area (Å²) in [4.78, 5) is 20.2. The monoisotopic (exact) mass is 358 g/mol. The van der Waals surface area contributed by atoms with Crippen LogP contribution in [0.25, 0.3) is 27.4 Å². The highest BCUT2D eigenvalue weighted by Gasteiger charge is 2.22. The zero-order valence-electron chi connectivity index (χ0n) is 12.5. The number of nitrogens with zero attached hydrogens (tertiary/aromatic N) is 5. The number of carbonyl (C=O) groups is 1. The third-order valence-corrected chi connectivity index (χ3v) is 4.80. The predicted octanol–water partition coefficient (Wildman–Crippen LogP) is 3.23. The first-order valence-electron chi connectivity index (χ1n) is 6.99. The molecule has 0 atom stereocenters. The molecule has 0 saturated heterocycles. The van der Waals surface area contributed by atoms with E-state index in [0.717, 1.165) is 26.3 Å². The Morgan fingerprint density at radius 2 is 2.08 bits per heavy atom. The van der Waals surface area contributed by atoms with Crippen molar-refractivity contribution < 1.29 is 4.79 Å². The maximum absolute atomic E-state index is 11.6. The van der Waals surface area contributed by atoms with Gasteiger partial charge in [-0.3, -0.25) is 4.57 Å². The fourth-order valence-electron chi connectivity index (χ4n) is 2.62. The number of rotatable bonds is 2. The van der Waals surface area contributed by atoms with Crippen LogP contribution in [-0.4, -0.2) is 30.3 Å². The first-order valence-corrected chi connectivity index (χ1v) is 8.25. The second-order valence-electron chi connectivity index (χ2n) is 5.11. The molecule has 120 valence electrons.